The maximum absolute atomic E-state index is 4.93. The molecule has 8 aliphatic rings. The van der Waals surface area contributed by atoms with Crippen LogP contribution < -0.4 is 20.7 Å². The minimum atomic E-state index is -2.24. The standard InChI is InChI=1S/C37H44Si.C36H44Si2.4CH3.4ClH.2Zr/c1-4-5-26-37(2,3)28-24-25-31(27-28)38(29-16-8-6-9-17-29,30-18-10-7-11-19-30)36-34-22-14-12-20-32(34)33-21-13-15-23-35(33)36;1-4-5-26-37(2,3)30-24-25-31(27-30)38(28-16-8-6-9-17-28,29-18-10-7-11-19-29)36-34-22-14-12-20-32(34)33-21-13-15-23-35(33)36;;;;;;;;;;/h4,6-23,28,31-36H,1,5,24-27H2,2-3H3;4,6-23,30-36H,1,5,24-27H2,2-3H3;4*1H3;4*1H;;/q;;4*-1;;;;;2*+4/p-4. The number of hydrogen-bond acceptors (Lipinski definition) is 0. The summed E-state index contributed by atoms with van der Waals surface area (Å²) in [5.74, 6) is 5.65. The third-order valence-corrected chi connectivity index (χ3v) is 38.6. The Morgan fingerprint density at radius 2 is 0.698 bits per heavy atom. The van der Waals surface area contributed by atoms with Crippen LogP contribution in [0, 0.1) is 88.4 Å². The first-order valence-corrected chi connectivity index (χ1v) is 51.0. The fourth-order valence-corrected chi connectivity index (χ4v) is 36.2. The van der Waals surface area contributed by atoms with Crippen LogP contribution in [0.1, 0.15) is 71.6 Å². The quantitative estimate of drug-likeness (QED) is 0.0596. The van der Waals surface area contributed by atoms with Crippen molar-refractivity contribution in [2.45, 2.75) is 118 Å². The summed E-state index contributed by atoms with van der Waals surface area (Å²) in [5.41, 5.74) is 4.15. The van der Waals surface area contributed by atoms with E-state index in [-0.39, 0.29) is 29.7 Å². The molecule has 12 atom stereocenters. The average molecular weight is 1430 g/mol. The second-order valence-electron chi connectivity index (χ2n) is 26.1. The molecule has 12 unspecified atom stereocenters. The van der Waals surface area contributed by atoms with Crippen LogP contribution in [0.25, 0.3) is 0 Å². The van der Waals surface area contributed by atoms with E-state index in [1.807, 2.05) is 0 Å². The van der Waals surface area contributed by atoms with Gasteiger partial charge in [0.15, 0.2) is 0 Å². The van der Waals surface area contributed by atoms with Gasteiger partial charge in [-0.2, -0.15) is 0 Å². The monoisotopic (exact) mass is 1430 g/mol. The van der Waals surface area contributed by atoms with Gasteiger partial charge in [-0.15, -0.1) is 13.2 Å². The molecule has 0 amide bonds. The van der Waals surface area contributed by atoms with Gasteiger partial charge in [0.25, 0.3) is 0 Å². The van der Waals surface area contributed by atoms with E-state index >= 15 is 0 Å². The molecule has 0 nitrogen and oxygen atoms in total. The molecule has 0 saturated heterocycles. The predicted octanol–water partition coefficient (Wildman–Crippen LogP) is 21.6. The zero-order chi connectivity index (χ0) is 57.7. The number of benzene rings is 4. The SMILES string of the molecule is C=CCCC(C)(C)C1CCC([Si](c2ccccc2)(c2ccccc2)C2C3C=CC=CC3C3C=CC=CC32)C1.C=CCC[Si](C)(C)C1CCC([Si](c2ccccc2)(c2ccccc2)C2C3C=CC=CC3C3C=CC=CC32)C1.[CH3-].[CH3-].[CH3-].[CH3-].[Cl][Zr+2][Cl].[Cl][Zr+2][Cl]. The Morgan fingerprint density at radius 1 is 0.419 bits per heavy atom. The van der Waals surface area contributed by atoms with Gasteiger partial charge in [-0.3, -0.25) is 0 Å². The third-order valence-electron chi connectivity index (χ3n) is 21.8. The van der Waals surface area contributed by atoms with Crippen molar-refractivity contribution in [3.63, 3.8) is 0 Å². The molecule has 0 bridgehead atoms. The first-order valence-electron chi connectivity index (χ1n) is 30.7. The van der Waals surface area contributed by atoms with Crippen molar-refractivity contribution in [3.8, 4) is 0 Å². The Morgan fingerprint density at radius 3 is 1.01 bits per heavy atom. The normalized spacial score (nSPS) is 28.3. The van der Waals surface area contributed by atoms with Crippen LogP contribution in [0.15, 0.2) is 244 Å². The molecule has 4 saturated carbocycles. The van der Waals surface area contributed by atoms with E-state index < -0.39 is 65.9 Å². The first kappa shape index (κ1) is 74.6. The predicted molar refractivity (Wildman–Crippen MR) is 386 cm³/mol. The van der Waals surface area contributed by atoms with Crippen LogP contribution >= 0.6 is 34.1 Å². The van der Waals surface area contributed by atoms with E-state index in [1.165, 1.54) is 57.4 Å². The summed E-state index contributed by atoms with van der Waals surface area (Å²) >= 11 is -1.65. The molecule has 0 N–H and O–H groups in total. The van der Waals surface area contributed by atoms with Crippen LogP contribution in [-0.4, -0.2) is 24.2 Å². The third kappa shape index (κ3) is 15.5. The van der Waals surface area contributed by atoms with Gasteiger partial charge in [0.1, 0.15) is 16.1 Å². The van der Waals surface area contributed by atoms with Crippen molar-refractivity contribution < 1.29 is 41.7 Å². The van der Waals surface area contributed by atoms with Crippen LogP contribution in [0.3, 0.4) is 0 Å². The summed E-state index contributed by atoms with van der Waals surface area (Å²) in [5, 5.41) is 6.68. The molecule has 4 aromatic carbocycles. The Labute approximate surface area is 565 Å². The van der Waals surface area contributed by atoms with Crippen LogP contribution in [0.5, 0.6) is 0 Å². The van der Waals surface area contributed by atoms with Crippen molar-refractivity contribution in [2.75, 3.05) is 0 Å². The van der Waals surface area contributed by atoms with Crippen molar-refractivity contribution in [2.24, 2.45) is 58.7 Å². The van der Waals surface area contributed by atoms with Crippen LogP contribution in [0.2, 0.25) is 46.8 Å². The summed E-state index contributed by atoms with van der Waals surface area (Å²) < 4.78 is 0. The summed E-state index contributed by atoms with van der Waals surface area (Å²) in [4.78, 5) is 0. The minimum absolute atomic E-state index is 0. The summed E-state index contributed by atoms with van der Waals surface area (Å²) in [7, 11) is 14.0. The number of allylic oxidation sites excluding steroid dienone is 18. The van der Waals surface area contributed by atoms with Crippen molar-refractivity contribution in [1.82, 2.24) is 0 Å². The fraction of sp³-hybridized carbons (Fsp3) is 0.377. The Kier molecular flexibility index (Phi) is 30.4. The molecule has 12 rings (SSSR count). The van der Waals surface area contributed by atoms with Crippen LogP contribution in [-0.2, 0) is 41.7 Å². The second-order valence-corrected chi connectivity index (χ2v) is 47.6. The molecule has 0 spiro atoms. The number of hydrogen-bond donors (Lipinski definition) is 0. The zero-order valence-electron chi connectivity index (χ0n) is 53.0. The topological polar surface area (TPSA) is 0 Å². The van der Waals surface area contributed by atoms with E-state index in [1.54, 1.807) is 20.7 Å². The van der Waals surface area contributed by atoms with Crippen molar-refractivity contribution in [1.29, 1.82) is 0 Å². The average Bonchev–Trinajstić information content (AvgIpc) is 1.49. The summed E-state index contributed by atoms with van der Waals surface area (Å²) in [6, 6.07) is 49.0. The van der Waals surface area contributed by atoms with E-state index in [2.05, 4.69) is 271 Å². The molecule has 86 heavy (non-hydrogen) atoms. The maximum atomic E-state index is 4.93. The summed E-state index contributed by atoms with van der Waals surface area (Å²) in [6.45, 7) is 18.5. The number of halogens is 4. The zero-order valence-corrected chi connectivity index (χ0v) is 64.0. The van der Waals surface area contributed by atoms with Crippen molar-refractivity contribution >= 4 is 79.0 Å². The van der Waals surface area contributed by atoms with Gasteiger partial charge in [-0.05, 0) is 118 Å². The summed E-state index contributed by atoms with van der Waals surface area (Å²) in [6.07, 6.45) is 55.4. The number of fused-ring (bicyclic) bond motifs is 6. The van der Waals surface area contributed by atoms with Crippen LogP contribution in [0.4, 0.5) is 0 Å². The van der Waals surface area contributed by atoms with E-state index in [0.717, 1.165) is 29.0 Å². The number of rotatable bonds is 16. The molecule has 456 valence electrons. The second kappa shape index (κ2) is 35.0. The molecule has 4 fully saturated rings. The van der Waals surface area contributed by atoms with Gasteiger partial charge in [-0.1, -0.05) is 310 Å². The van der Waals surface area contributed by atoms with E-state index in [4.69, 9.17) is 34.1 Å². The molecule has 8 aliphatic carbocycles. The Hall–Kier alpha value is -2.14. The van der Waals surface area contributed by atoms with Gasteiger partial charge < -0.3 is 29.7 Å². The van der Waals surface area contributed by atoms with Gasteiger partial charge >= 0.3 is 75.7 Å². The van der Waals surface area contributed by atoms with E-state index in [0.29, 0.717) is 63.8 Å². The van der Waals surface area contributed by atoms with Gasteiger partial charge in [0.05, 0.1) is 8.07 Å². The molecule has 9 heteroatoms. The molecular formula is C77H100Cl4Si3Zr2. The molecule has 0 aliphatic heterocycles. The molecule has 0 aromatic heterocycles. The molecular weight excluding hydrogens is 1330 g/mol. The van der Waals surface area contributed by atoms with Crippen molar-refractivity contribution in [3.05, 3.63) is 274 Å². The van der Waals surface area contributed by atoms with Gasteiger partial charge in [-0.25, -0.2) is 0 Å². The Bertz CT molecular complexity index is 2590. The fourth-order valence-electron chi connectivity index (χ4n) is 18.3. The van der Waals surface area contributed by atoms with E-state index in [9.17, 15) is 0 Å². The first-order chi connectivity index (χ1) is 40.0. The van der Waals surface area contributed by atoms with Gasteiger partial charge in [0, 0.05) is 0 Å². The Balaban J connectivity index is 0.000000276. The molecule has 0 heterocycles. The molecule has 0 radical (unpaired) electrons. The van der Waals surface area contributed by atoms with Gasteiger partial charge in [0.2, 0.25) is 0 Å². The molecule has 4 aromatic rings.